The second-order valence-electron chi connectivity index (χ2n) is 2.36. The third kappa shape index (κ3) is 1.08. The summed E-state index contributed by atoms with van der Waals surface area (Å²) in [6.07, 6.45) is 1.50. The Morgan fingerprint density at radius 2 is 2.45 bits per heavy atom. The van der Waals surface area contributed by atoms with Crippen molar-refractivity contribution < 1.29 is 0 Å². The van der Waals surface area contributed by atoms with Crippen molar-refractivity contribution >= 4 is 28.4 Å². The van der Waals surface area contributed by atoms with Gasteiger partial charge in [-0.15, -0.1) is 0 Å². The number of nitrogens with one attached hydrogen (secondary N) is 1. The minimum absolute atomic E-state index is 0.267. The lowest BCUT2D eigenvalue weighted by atomic mass is 10.2. The Morgan fingerprint density at radius 1 is 1.64 bits per heavy atom. The third-order valence-electron chi connectivity index (χ3n) is 1.70. The van der Waals surface area contributed by atoms with Crippen molar-refractivity contribution in [2.45, 2.75) is 10.6 Å². The van der Waals surface area contributed by atoms with Gasteiger partial charge in [-0.05, 0) is 0 Å². The molecule has 0 bridgehead atoms. The Kier molecular flexibility index (Phi) is 1.68. The van der Waals surface area contributed by atoms with Crippen LogP contribution in [-0.4, -0.2) is 9.97 Å². The molecule has 0 spiro atoms. The number of nitrogen functional groups attached to an aromatic ring is 1. The maximum atomic E-state index is 5.67. The summed E-state index contributed by atoms with van der Waals surface area (Å²) in [5.74, 6) is 0.597. The Hall–Kier alpha value is -0.430. The van der Waals surface area contributed by atoms with Crippen LogP contribution in [0.2, 0.25) is 0 Å². The standard InChI is InChI=1S/C6H7IN4/c7-5-4-3(1-9-5)10-2-11-6(4)8/h2,5,9H,1H2,(H2,8,10,11). The van der Waals surface area contributed by atoms with Crippen molar-refractivity contribution in [2.24, 2.45) is 0 Å². The van der Waals surface area contributed by atoms with Gasteiger partial charge in [0.15, 0.2) is 0 Å². The minimum atomic E-state index is 0.267. The average Bonchev–Trinajstić information content (AvgIpc) is 2.34. The summed E-state index contributed by atoms with van der Waals surface area (Å²) >= 11 is 2.28. The van der Waals surface area contributed by atoms with E-state index in [-0.39, 0.29) is 4.05 Å². The number of alkyl halides is 1. The van der Waals surface area contributed by atoms with E-state index in [1.54, 1.807) is 0 Å². The molecule has 11 heavy (non-hydrogen) atoms. The van der Waals surface area contributed by atoms with E-state index in [1.165, 1.54) is 6.33 Å². The number of rotatable bonds is 0. The van der Waals surface area contributed by atoms with Crippen LogP contribution in [0.15, 0.2) is 6.33 Å². The van der Waals surface area contributed by atoms with Crippen LogP contribution < -0.4 is 11.1 Å². The second kappa shape index (κ2) is 2.56. The zero-order valence-corrected chi connectivity index (χ0v) is 7.87. The largest absolute Gasteiger partial charge is 0.383 e. The Labute approximate surface area is 77.7 Å². The van der Waals surface area contributed by atoms with E-state index in [9.17, 15) is 0 Å². The lowest BCUT2D eigenvalue weighted by Crippen LogP contribution is -2.05. The molecule has 0 saturated heterocycles. The van der Waals surface area contributed by atoms with Gasteiger partial charge >= 0.3 is 0 Å². The number of aromatic nitrogens is 2. The van der Waals surface area contributed by atoms with Crippen LogP contribution in [-0.2, 0) is 6.54 Å². The molecule has 4 nitrogen and oxygen atoms in total. The summed E-state index contributed by atoms with van der Waals surface area (Å²) in [6.45, 7) is 0.801. The molecular formula is C6H7IN4. The molecule has 2 rings (SSSR count). The Morgan fingerprint density at radius 3 is 3.18 bits per heavy atom. The van der Waals surface area contributed by atoms with Crippen LogP contribution in [0.3, 0.4) is 0 Å². The lowest BCUT2D eigenvalue weighted by molar-refractivity contribution is 0.762. The first kappa shape index (κ1) is 7.23. The Bertz CT molecular complexity index is 288. The van der Waals surface area contributed by atoms with E-state index >= 15 is 0 Å². The smallest absolute Gasteiger partial charge is 0.132 e. The van der Waals surface area contributed by atoms with Crippen LogP contribution in [0.4, 0.5) is 5.82 Å². The van der Waals surface area contributed by atoms with E-state index in [0.717, 1.165) is 17.8 Å². The van der Waals surface area contributed by atoms with Crippen LogP contribution in [0.1, 0.15) is 15.3 Å². The zero-order valence-electron chi connectivity index (χ0n) is 5.71. The molecule has 0 amide bonds. The van der Waals surface area contributed by atoms with Gasteiger partial charge in [-0.2, -0.15) is 0 Å². The van der Waals surface area contributed by atoms with Crippen LogP contribution in [0.5, 0.6) is 0 Å². The van der Waals surface area contributed by atoms with Crippen LogP contribution in [0.25, 0.3) is 0 Å². The topological polar surface area (TPSA) is 63.8 Å². The molecule has 1 aliphatic rings. The molecule has 2 heterocycles. The first-order valence-corrected chi connectivity index (χ1v) is 4.50. The molecule has 3 N–H and O–H groups in total. The number of hydrogen-bond acceptors (Lipinski definition) is 4. The molecule has 1 aliphatic heterocycles. The van der Waals surface area contributed by atoms with Gasteiger partial charge in [0.05, 0.1) is 9.74 Å². The van der Waals surface area contributed by atoms with Gasteiger partial charge in [-0.1, -0.05) is 22.6 Å². The highest BCUT2D eigenvalue weighted by molar-refractivity contribution is 14.1. The number of hydrogen-bond donors (Lipinski definition) is 2. The summed E-state index contributed by atoms with van der Waals surface area (Å²) in [4.78, 5) is 8.04. The summed E-state index contributed by atoms with van der Waals surface area (Å²) < 4.78 is 0.267. The van der Waals surface area contributed by atoms with Crippen molar-refractivity contribution in [2.75, 3.05) is 5.73 Å². The summed E-state index contributed by atoms with van der Waals surface area (Å²) in [5.41, 5.74) is 7.74. The van der Waals surface area contributed by atoms with Crippen molar-refractivity contribution in [3.05, 3.63) is 17.6 Å². The van der Waals surface area contributed by atoms with Crippen molar-refractivity contribution in [1.82, 2.24) is 15.3 Å². The highest BCUT2D eigenvalue weighted by Gasteiger charge is 2.22. The number of halogens is 1. The first-order chi connectivity index (χ1) is 5.29. The molecule has 1 unspecified atom stereocenters. The number of nitrogens with two attached hydrogens (primary N) is 1. The van der Waals surface area contributed by atoms with E-state index in [2.05, 4.69) is 37.9 Å². The van der Waals surface area contributed by atoms with Crippen molar-refractivity contribution in [1.29, 1.82) is 0 Å². The summed E-state index contributed by atoms with van der Waals surface area (Å²) in [7, 11) is 0. The van der Waals surface area contributed by atoms with Gasteiger partial charge in [-0.3, -0.25) is 5.32 Å². The first-order valence-electron chi connectivity index (χ1n) is 3.25. The van der Waals surface area contributed by atoms with Crippen molar-refractivity contribution in [3.8, 4) is 0 Å². The average molecular weight is 262 g/mol. The molecule has 5 heteroatoms. The Balaban J connectivity index is 2.58. The maximum absolute atomic E-state index is 5.67. The highest BCUT2D eigenvalue weighted by atomic mass is 127. The monoisotopic (exact) mass is 262 g/mol. The predicted molar refractivity (Wildman–Crippen MR) is 50.0 cm³/mol. The molecule has 0 aromatic carbocycles. The molecular weight excluding hydrogens is 255 g/mol. The lowest BCUT2D eigenvalue weighted by Gasteiger charge is -2.03. The minimum Gasteiger partial charge on any atom is -0.383 e. The zero-order chi connectivity index (χ0) is 7.84. The summed E-state index contributed by atoms with van der Waals surface area (Å²) in [5, 5.41) is 3.23. The molecule has 0 aliphatic carbocycles. The van der Waals surface area contributed by atoms with Gasteiger partial charge in [0.1, 0.15) is 12.1 Å². The number of fused-ring (bicyclic) bond motifs is 1. The van der Waals surface area contributed by atoms with Gasteiger partial charge in [0.25, 0.3) is 0 Å². The molecule has 0 radical (unpaired) electrons. The van der Waals surface area contributed by atoms with E-state index < -0.39 is 0 Å². The quantitative estimate of drug-likeness (QED) is 0.408. The molecule has 1 atom stereocenters. The van der Waals surface area contributed by atoms with E-state index in [1.807, 2.05) is 0 Å². The maximum Gasteiger partial charge on any atom is 0.132 e. The molecule has 1 aromatic rings. The van der Waals surface area contributed by atoms with Crippen LogP contribution >= 0.6 is 22.6 Å². The predicted octanol–water partition coefficient (Wildman–Crippen LogP) is 0.596. The SMILES string of the molecule is Nc1ncnc2c1C(I)NC2. The fraction of sp³-hybridized carbons (Fsp3) is 0.333. The number of nitrogens with zero attached hydrogens (tertiary/aromatic N) is 2. The molecule has 58 valence electrons. The van der Waals surface area contributed by atoms with Gasteiger partial charge in [0.2, 0.25) is 0 Å². The molecule has 0 fully saturated rings. The van der Waals surface area contributed by atoms with Gasteiger partial charge < -0.3 is 5.73 Å². The normalized spacial score (nSPS) is 21.7. The second-order valence-corrected chi connectivity index (χ2v) is 3.61. The van der Waals surface area contributed by atoms with E-state index in [0.29, 0.717) is 5.82 Å². The number of anilines is 1. The van der Waals surface area contributed by atoms with Crippen LogP contribution in [0, 0.1) is 0 Å². The van der Waals surface area contributed by atoms with Gasteiger partial charge in [0, 0.05) is 12.1 Å². The van der Waals surface area contributed by atoms with Crippen molar-refractivity contribution in [3.63, 3.8) is 0 Å². The highest BCUT2D eigenvalue weighted by Crippen LogP contribution is 2.31. The molecule has 1 aromatic heterocycles. The third-order valence-corrected chi connectivity index (χ3v) is 2.76. The molecule has 0 saturated carbocycles. The summed E-state index contributed by atoms with van der Waals surface area (Å²) in [6, 6.07) is 0. The van der Waals surface area contributed by atoms with E-state index in [4.69, 9.17) is 5.73 Å². The fourth-order valence-electron chi connectivity index (χ4n) is 1.15. The van der Waals surface area contributed by atoms with Gasteiger partial charge in [-0.25, -0.2) is 9.97 Å². The fourth-order valence-corrected chi connectivity index (χ4v) is 2.05.